The van der Waals surface area contributed by atoms with E-state index < -0.39 is 11.6 Å². The molecule has 105 valence electrons. The molecule has 0 spiro atoms. The fourth-order valence-electron chi connectivity index (χ4n) is 1.79. The second-order valence-corrected chi connectivity index (χ2v) is 4.13. The maximum atomic E-state index is 13.0. The molecular weight excluding hydrogens is 264 g/mol. The molecule has 0 saturated carbocycles. The molecule has 0 bridgehead atoms. The molecule has 0 heterocycles. The summed E-state index contributed by atoms with van der Waals surface area (Å²) >= 11 is 0. The van der Waals surface area contributed by atoms with Crippen molar-refractivity contribution in [1.82, 2.24) is 5.32 Å². The van der Waals surface area contributed by atoms with Gasteiger partial charge in [0.15, 0.2) is 11.5 Å². The normalized spacial score (nSPS) is 10.2. The summed E-state index contributed by atoms with van der Waals surface area (Å²) < 4.78 is 36.4. The molecule has 2 rings (SSSR count). The van der Waals surface area contributed by atoms with Gasteiger partial charge in [-0.2, -0.15) is 0 Å². The molecule has 5 heteroatoms. The van der Waals surface area contributed by atoms with Gasteiger partial charge in [-0.05, 0) is 29.8 Å². The maximum Gasteiger partial charge on any atom is 0.161 e. The van der Waals surface area contributed by atoms with Crippen molar-refractivity contribution in [2.75, 3.05) is 14.2 Å². The van der Waals surface area contributed by atoms with Crippen LogP contribution in [0.3, 0.4) is 0 Å². The third kappa shape index (κ3) is 3.38. The highest BCUT2D eigenvalue weighted by molar-refractivity contribution is 5.43. The first-order chi connectivity index (χ1) is 9.62. The highest BCUT2D eigenvalue weighted by Crippen LogP contribution is 2.27. The zero-order valence-corrected chi connectivity index (χ0v) is 11.2. The predicted molar refractivity (Wildman–Crippen MR) is 71.4 cm³/mol. The van der Waals surface area contributed by atoms with Crippen LogP contribution in [-0.2, 0) is 6.54 Å². The van der Waals surface area contributed by atoms with Gasteiger partial charge in [-0.25, -0.2) is 8.78 Å². The largest absolute Gasteiger partial charge is 0.493 e. The van der Waals surface area contributed by atoms with E-state index in [2.05, 4.69) is 5.32 Å². The lowest BCUT2D eigenvalue weighted by molar-refractivity contribution is 0.354. The fraction of sp³-hybridized carbons (Fsp3) is 0.200. The van der Waals surface area contributed by atoms with Gasteiger partial charge in [-0.1, -0.05) is 6.07 Å². The van der Waals surface area contributed by atoms with E-state index in [1.54, 1.807) is 26.4 Å². The Labute approximate surface area is 116 Å². The van der Waals surface area contributed by atoms with Gasteiger partial charge in [0.25, 0.3) is 0 Å². The van der Waals surface area contributed by atoms with E-state index in [9.17, 15) is 8.78 Å². The summed E-state index contributed by atoms with van der Waals surface area (Å²) in [5.74, 6) is -0.0780. The predicted octanol–water partition coefficient (Wildman–Crippen LogP) is 3.42. The van der Waals surface area contributed by atoms with E-state index in [-0.39, 0.29) is 5.69 Å². The summed E-state index contributed by atoms with van der Waals surface area (Å²) in [5, 5.41) is 4.15. The van der Waals surface area contributed by atoms with E-state index in [0.29, 0.717) is 18.0 Å². The smallest absolute Gasteiger partial charge is 0.161 e. The van der Waals surface area contributed by atoms with Crippen molar-refractivity contribution in [1.29, 1.82) is 0 Å². The number of nitrogens with zero attached hydrogens (tertiary/aromatic N) is 1. The minimum atomic E-state index is -0.643. The lowest BCUT2D eigenvalue weighted by Crippen LogP contribution is -2.00. The summed E-state index contributed by atoms with van der Waals surface area (Å²) in [6.45, 7) is 0.295. The van der Waals surface area contributed by atoms with Crippen molar-refractivity contribution >= 4 is 5.69 Å². The molecule has 3 nitrogen and oxygen atoms in total. The Balaban J connectivity index is 2.10. The standard InChI is InChI=1S/C15H14F2NO2/c1-19-14-4-3-10(5-15(14)20-2)9-18-13-7-11(16)6-12(17)8-13/h3-8H,9H2,1-2H3. The Kier molecular flexibility index (Phi) is 4.40. The summed E-state index contributed by atoms with van der Waals surface area (Å²) in [6.07, 6.45) is 0. The summed E-state index contributed by atoms with van der Waals surface area (Å²) in [5.41, 5.74) is 1.12. The van der Waals surface area contributed by atoms with Crippen molar-refractivity contribution in [3.05, 3.63) is 53.6 Å². The van der Waals surface area contributed by atoms with Crippen LogP contribution in [0.15, 0.2) is 36.4 Å². The van der Waals surface area contributed by atoms with Gasteiger partial charge in [0, 0.05) is 6.07 Å². The Hall–Kier alpha value is -2.30. The second-order valence-electron chi connectivity index (χ2n) is 4.13. The average Bonchev–Trinajstić information content (AvgIpc) is 2.43. The molecular formula is C15H14F2NO2. The monoisotopic (exact) mass is 278 g/mol. The molecule has 0 aliphatic carbocycles. The molecule has 0 fully saturated rings. The van der Waals surface area contributed by atoms with E-state index in [1.165, 1.54) is 12.1 Å². The van der Waals surface area contributed by atoms with Gasteiger partial charge in [-0.3, -0.25) is 5.32 Å². The van der Waals surface area contributed by atoms with Crippen molar-refractivity contribution in [3.8, 4) is 11.5 Å². The third-order valence-corrected chi connectivity index (χ3v) is 2.74. The van der Waals surface area contributed by atoms with Gasteiger partial charge < -0.3 is 9.47 Å². The van der Waals surface area contributed by atoms with Gasteiger partial charge in [0.1, 0.15) is 11.6 Å². The fourth-order valence-corrected chi connectivity index (χ4v) is 1.79. The van der Waals surface area contributed by atoms with Crippen molar-refractivity contribution in [2.45, 2.75) is 6.54 Å². The summed E-state index contributed by atoms with van der Waals surface area (Å²) in [7, 11) is 3.10. The summed E-state index contributed by atoms with van der Waals surface area (Å²) in [6, 6.07) is 8.54. The van der Waals surface area contributed by atoms with Crippen molar-refractivity contribution < 1.29 is 18.3 Å². The van der Waals surface area contributed by atoms with Crippen molar-refractivity contribution in [2.24, 2.45) is 0 Å². The first-order valence-electron chi connectivity index (χ1n) is 5.97. The van der Waals surface area contributed by atoms with E-state index in [0.717, 1.165) is 11.6 Å². The molecule has 0 amide bonds. The molecule has 0 aliphatic heterocycles. The van der Waals surface area contributed by atoms with Crippen LogP contribution in [0.25, 0.3) is 0 Å². The topological polar surface area (TPSA) is 32.6 Å². The first-order valence-corrected chi connectivity index (χ1v) is 5.97. The number of hydrogen-bond acceptors (Lipinski definition) is 2. The van der Waals surface area contributed by atoms with Crippen molar-refractivity contribution in [3.63, 3.8) is 0 Å². The third-order valence-electron chi connectivity index (χ3n) is 2.74. The zero-order valence-electron chi connectivity index (χ0n) is 11.2. The molecule has 0 aromatic heterocycles. The minimum Gasteiger partial charge on any atom is -0.493 e. The van der Waals surface area contributed by atoms with Gasteiger partial charge in [0.05, 0.1) is 26.5 Å². The Bertz CT molecular complexity index is 582. The van der Waals surface area contributed by atoms with E-state index in [4.69, 9.17) is 9.47 Å². The number of rotatable bonds is 5. The van der Waals surface area contributed by atoms with Crippen LogP contribution in [0.4, 0.5) is 14.5 Å². The Morgan fingerprint density at radius 1 is 0.900 bits per heavy atom. The maximum absolute atomic E-state index is 13.0. The molecule has 0 aliphatic rings. The Morgan fingerprint density at radius 2 is 1.55 bits per heavy atom. The lowest BCUT2D eigenvalue weighted by Gasteiger charge is -2.10. The summed E-state index contributed by atoms with van der Waals surface area (Å²) in [4.78, 5) is 0. The van der Waals surface area contributed by atoms with Crippen LogP contribution in [-0.4, -0.2) is 14.2 Å². The SMILES string of the molecule is COc1ccc(C[N]c2cc(F)cc(F)c2)cc1OC. The second kappa shape index (κ2) is 6.23. The molecule has 1 radical (unpaired) electrons. The number of ether oxygens (including phenoxy) is 2. The van der Waals surface area contributed by atoms with Crippen LogP contribution in [0.5, 0.6) is 11.5 Å². The molecule has 2 aromatic rings. The van der Waals surface area contributed by atoms with Crippen LogP contribution in [0.1, 0.15) is 5.56 Å². The minimum absolute atomic E-state index is 0.261. The van der Waals surface area contributed by atoms with Crippen LogP contribution < -0.4 is 14.8 Å². The number of halogens is 2. The zero-order chi connectivity index (χ0) is 14.5. The highest BCUT2D eigenvalue weighted by Gasteiger charge is 2.06. The van der Waals surface area contributed by atoms with Crippen LogP contribution in [0.2, 0.25) is 0 Å². The molecule has 0 unspecified atom stereocenters. The molecule has 0 atom stereocenters. The lowest BCUT2D eigenvalue weighted by atomic mass is 10.2. The van der Waals surface area contributed by atoms with Crippen LogP contribution in [0, 0.1) is 11.6 Å². The van der Waals surface area contributed by atoms with Gasteiger partial charge >= 0.3 is 0 Å². The van der Waals surface area contributed by atoms with E-state index in [1.807, 2.05) is 6.07 Å². The number of benzene rings is 2. The Morgan fingerprint density at radius 3 is 2.15 bits per heavy atom. The molecule has 0 saturated heterocycles. The van der Waals surface area contributed by atoms with Crippen LogP contribution >= 0.6 is 0 Å². The first kappa shape index (κ1) is 14.1. The molecule has 0 N–H and O–H groups in total. The van der Waals surface area contributed by atoms with E-state index >= 15 is 0 Å². The highest BCUT2D eigenvalue weighted by atomic mass is 19.1. The molecule has 20 heavy (non-hydrogen) atoms. The number of hydrogen-bond donors (Lipinski definition) is 0. The van der Waals surface area contributed by atoms with Gasteiger partial charge in [0.2, 0.25) is 0 Å². The quantitative estimate of drug-likeness (QED) is 0.839. The number of methoxy groups -OCH3 is 2. The molecule has 2 aromatic carbocycles. The average molecular weight is 278 g/mol. The van der Waals surface area contributed by atoms with Gasteiger partial charge in [-0.15, -0.1) is 0 Å².